The van der Waals surface area contributed by atoms with Gasteiger partial charge in [-0.3, -0.25) is 0 Å². The summed E-state index contributed by atoms with van der Waals surface area (Å²) >= 11 is 1.46. The van der Waals surface area contributed by atoms with Gasteiger partial charge < -0.3 is 15.3 Å². The molecule has 3 N–H and O–H groups in total. The number of rotatable bonds is 1. The van der Waals surface area contributed by atoms with E-state index in [1.54, 1.807) is 0 Å². The Balaban J connectivity index is 2.83. The van der Waals surface area contributed by atoms with E-state index in [9.17, 15) is 4.79 Å². The predicted molar refractivity (Wildman–Crippen MR) is 54.9 cm³/mol. The minimum atomic E-state index is -1.12. The van der Waals surface area contributed by atoms with Crippen LogP contribution in [0.4, 0.5) is 5.69 Å². The zero-order valence-electron chi connectivity index (χ0n) is 7.75. The van der Waals surface area contributed by atoms with Crippen LogP contribution in [0.3, 0.4) is 0 Å². The zero-order chi connectivity index (χ0) is 10.5. The number of aromatic carboxylic acids is 1. The molecule has 14 heavy (non-hydrogen) atoms. The number of anilines is 1. The van der Waals surface area contributed by atoms with Crippen molar-refractivity contribution < 1.29 is 14.3 Å². The maximum absolute atomic E-state index is 10.7. The number of carbonyl (C=O) groups is 1. The van der Waals surface area contributed by atoms with Crippen LogP contribution in [0.25, 0.3) is 10.3 Å². The molecule has 0 fully saturated rings. The molecular weight excluding hydrogens is 202 g/mol. The van der Waals surface area contributed by atoms with Gasteiger partial charge >= 0.3 is 5.97 Å². The van der Waals surface area contributed by atoms with Gasteiger partial charge in [-0.2, -0.15) is 0 Å². The summed E-state index contributed by atoms with van der Waals surface area (Å²) < 4.78 is 5.93. The number of thiophene rings is 1. The Morgan fingerprint density at radius 3 is 2.64 bits per heavy atom. The molecule has 2 aromatic heterocycles. The molecule has 74 valence electrons. The van der Waals surface area contributed by atoms with Gasteiger partial charge in [0.15, 0.2) is 5.58 Å². The van der Waals surface area contributed by atoms with E-state index >= 15 is 0 Å². The summed E-state index contributed by atoms with van der Waals surface area (Å²) in [5.41, 5.74) is 7.45. The molecule has 0 aromatic carbocycles. The summed E-state index contributed by atoms with van der Waals surface area (Å²) in [7, 11) is 0. The number of hydrogen-bond donors (Lipinski definition) is 2. The van der Waals surface area contributed by atoms with Crippen LogP contribution in [0.15, 0.2) is 4.42 Å². The average molecular weight is 211 g/mol. The minimum absolute atomic E-state index is 0.158. The van der Waals surface area contributed by atoms with Gasteiger partial charge in [-0.1, -0.05) is 0 Å². The third-order valence-corrected chi connectivity index (χ3v) is 3.44. The van der Waals surface area contributed by atoms with E-state index in [2.05, 4.69) is 0 Å². The first kappa shape index (κ1) is 9.08. The lowest BCUT2D eigenvalue weighted by Crippen LogP contribution is -1.98. The van der Waals surface area contributed by atoms with E-state index in [1.165, 1.54) is 11.3 Å². The molecule has 0 saturated carbocycles. The second-order valence-electron chi connectivity index (χ2n) is 3.09. The Morgan fingerprint density at radius 2 is 2.14 bits per heavy atom. The summed E-state index contributed by atoms with van der Waals surface area (Å²) in [6.45, 7) is 3.85. The van der Waals surface area contributed by atoms with Crippen LogP contribution < -0.4 is 5.73 Å². The number of fused-ring (bicyclic) bond motifs is 1. The van der Waals surface area contributed by atoms with Crippen molar-refractivity contribution in [3.05, 3.63) is 16.2 Å². The zero-order valence-corrected chi connectivity index (χ0v) is 8.57. The van der Waals surface area contributed by atoms with Crippen molar-refractivity contribution in [2.45, 2.75) is 13.8 Å². The van der Waals surface area contributed by atoms with Crippen molar-refractivity contribution in [3.63, 3.8) is 0 Å². The van der Waals surface area contributed by atoms with E-state index in [4.69, 9.17) is 15.3 Å². The van der Waals surface area contributed by atoms with E-state index in [0.29, 0.717) is 5.58 Å². The van der Waals surface area contributed by atoms with Crippen LogP contribution in [-0.4, -0.2) is 11.1 Å². The van der Waals surface area contributed by atoms with Crippen LogP contribution >= 0.6 is 11.3 Å². The van der Waals surface area contributed by atoms with Gasteiger partial charge in [-0.05, 0) is 13.8 Å². The number of nitrogen functional groups attached to an aromatic ring is 1. The highest BCUT2D eigenvalue weighted by molar-refractivity contribution is 7.19. The van der Waals surface area contributed by atoms with Crippen molar-refractivity contribution in [1.82, 2.24) is 0 Å². The molecule has 0 saturated heterocycles. The first-order valence-electron chi connectivity index (χ1n) is 4.03. The number of carboxylic acids is 1. The minimum Gasteiger partial charge on any atom is -0.475 e. The summed E-state index contributed by atoms with van der Waals surface area (Å²) in [6.07, 6.45) is 0. The van der Waals surface area contributed by atoms with Crippen LogP contribution in [-0.2, 0) is 0 Å². The molecule has 5 heteroatoms. The largest absolute Gasteiger partial charge is 0.475 e. The molecule has 0 aliphatic carbocycles. The molecule has 0 unspecified atom stereocenters. The van der Waals surface area contributed by atoms with Crippen molar-refractivity contribution in [1.29, 1.82) is 0 Å². The standard InChI is InChI=1S/C9H9NO3S/c1-3-4(2)14-8-5(10)7(9(11)12)13-6(3)8/h10H2,1-2H3,(H,11,12). The van der Waals surface area contributed by atoms with Crippen molar-refractivity contribution >= 4 is 33.3 Å². The Hall–Kier alpha value is -1.49. The third kappa shape index (κ3) is 1.02. The number of hydrogen-bond acceptors (Lipinski definition) is 4. The van der Waals surface area contributed by atoms with Crippen molar-refractivity contribution in [2.24, 2.45) is 0 Å². The maximum atomic E-state index is 10.7. The normalized spacial score (nSPS) is 11.0. The highest BCUT2D eigenvalue weighted by atomic mass is 32.1. The highest BCUT2D eigenvalue weighted by Gasteiger charge is 2.21. The molecule has 0 radical (unpaired) electrons. The van der Waals surface area contributed by atoms with Gasteiger partial charge in [-0.25, -0.2) is 4.79 Å². The first-order chi connectivity index (χ1) is 6.52. The second kappa shape index (κ2) is 2.75. The fourth-order valence-electron chi connectivity index (χ4n) is 1.33. The lowest BCUT2D eigenvalue weighted by atomic mass is 10.3. The summed E-state index contributed by atoms with van der Waals surface area (Å²) in [5.74, 6) is -1.28. The van der Waals surface area contributed by atoms with Crippen molar-refractivity contribution in [3.8, 4) is 0 Å². The molecule has 0 aliphatic heterocycles. The summed E-state index contributed by atoms with van der Waals surface area (Å²) in [5, 5.41) is 8.78. The SMILES string of the molecule is Cc1sc2c(N)c(C(=O)O)oc2c1C. The molecule has 0 amide bonds. The van der Waals surface area contributed by atoms with Gasteiger partial charge in [0.1, 0.15) is 5.69 Å². The summed E-state index contributed by atoms with van der Waals surface area (Å²) in [4.78, 5) is 11.8. The Labute approximate surface area is 83.9 Å². The van der Waals surface area contributed by atoms with Crippen LogP contribution in [0.1, 0.15) is 21.0 Å². The van der Waals surface area contributed by atoms with Gasteiger partial charge in [0.25, 0.3) is 0 Å². The highest BCUT2D eigenvalue weighted by Crippen LogP contribution is 2.38. The quantitative estimate of drug-likeness (QED) is 0.759. The van der Waals surface area contributed by atoms with E-state index in [-0.39, 0.29) is 11.4 Å². The second-order valence-corrected chi connectivity index (χ2v) is 4.32. The predicted octanol–water partition coefficient (Wildman–Crippen LogP) is 2.39. The summed E-state index contributed by atoms with van der Waals surface area (Å²) in [6, 6.07) is 0. The van der Waals surface area contributed by atoms with Gasteiger partial charge in [0.2, 0.25) is 5.76 Å². The lowest BCUT2D eigenvalue weighted by molar-refractivity contribution is 0.0666. The van der Waals surface area contributed by atoms with Gasteiger partial charge in [0, 0.05) is 10.4 Å². The molecular formula is C9H9NO3S. The van der Waals surface area contributed by atoms with E-state index in [1.807, 2.05) is 13.8 Å². The smallest absolute Gasteiger partial charge is 0.374 e. The third-order valence-electron chi connectivity index (χ3n) is 2.22. The average Bonchev–Trinajstić information content (AvgIpc) is 2.56. The van der Waals surface area contributed by atoms with Crippen LogP contribution in [0.5, 0.6) is 0 Å². The molecule has 2 aromatic rings. The number of aryl methyl sites for hydroxylation is 2. The van der Waals surface area contributed by atoms with E-state index < -0.39 is 5.97 Å². The lowest BCUT2D eigenvalue weighted by Gasteiger charge is -1.90. The topological polar surface area (TPSA) is 76.5 Å². The molecule has 4 nitrogen and oxygen atoms in total. The van der Waals surface area contributed by atoms with Gasteiger partial charge in [0.05, 0.1) is 4.70 Å². The molecule has 0 spiro atoms. The molecule has 2 heterocycles. The fourth-order valence-corrected chi connectivity index (χ4v) is 2.37. The van der Waals surface area contributed by atoms with Crippen LogP contribution in [0.2, 0.25) is 0 Å². The van der Waals surface area contributed by atoms with Gasteiger partial charge in [-0.15, -0.1) is 11.3 Å². The number of nitrogens with two attached hydrogens (primary N) is 1. The molecule has 0 bridgehead atoms. The first-order valence-corrected chi connectivity index (χ1v) is 4.85. The number of furan rings is 1. The molecule has 0 atom stereocenters. The molecule has 0 aliphatic rings. The Kier molecular flexibility index (Phi) is 1.78. The van der Waals surface area contributed by atoms with Crippen LogP contribution in [0, 0.1) is 13.8 Å². The monoisotopic (exact) mass is 211 g/mol. The Bertz CT molecular complexity index is 524. The fraction of sp³-hybridized carbons (Fsp3) is 0.222. The Morgan fingerprint density at radius 1 is 1.50 bits per heavy atom. The number of carboxylic acid groups (broad SMARTS) is 1. The molecule has 2 rings (SSSR count). The maximum Gasteiger partial charge on any atom is 0.374 e. The van der Waals surface area contributed by atoms with E-state index in [0.717, 1.165) is 15.1 Å². The van der Waals surface area contributed by atoms with Crippen molar-refractivity contribution in [2.75, 3.05) is 5.73 Å².